The van der Waals surface area contributed by atoms with E-state index in [9.17, 15) is 5.11 Å². The van der Waals surface area contributed by atoms with Gasteiger partial charge in [0.1, 0.15) is 11.4 Å². The third-order valence-electron chi connectivity index (χ3n) is 5.05. The summed E-state index contributed by atoms with van der Waals surface area (Å²) in [4.78, 5) is 14.9. The van der Waals surface area contributed by atoms with Gasteiger partial charge in [0.15, 0.2) is 5.96 Å². The molecule has 3 N–H and O–H groups in total. The Bertz CT molecular complexity index is 773. The predicted molar refractivity (Wildman–Crippen MR) is 136 cm³/mol. The lowest BCUT2D eigenvalue weighted by atomic mass is 10.1. The van der Waals surface area contributed by atoms with E-state index in [4.69, 9.17) is 0 Å². The summed E-state index contributed by atoms with van der Waals surface area (Å²) in [5.74, 6) is 1.72. The first kappa shape index (κ1) is 24.8. The molecule has 1 aliphatic rings. The molecule has 1 saturated heterocycles. The van der Waals surface area contributed by atoms with Crippen molar-refractivity contribution in [2.75, 3.05) is 51.2 Å². The summed E-state index contributed by atoms with van der Waals surface area (Å²) in [6, 6.07) is 8.07. The number of aliphatic hydroxyl groups is 1. The van der Waals surface area contributed by atoms with Gasteiger partial charge in [0.2, 0.25) is 0 Å². The zero-order chi connectivity index (χ0) is 20.7. The normalized spacial score (nSPS) is 17.2. The zero-order valence-electron chi connectivity index (χ0n) is 18.0. The molecule has 0 radical (unpaired) electrons. The highest BCUT2D eigenvalue weighted by Crippen LogP contribution is 2.24. The van der Waals surface area contributed by atoms with Crippen LogP contribution in [-0.4, -0.2) is 67.3 Å². The molecule has 2 aromatic rings. The van der Waals surface area contributed by atoms with E-state index in [1.54, 1.807) is 11.3 Å². The number of nitrogens with one attached hydrogen (secondary N) is 2. The van der Waals surface area contributed by atoms with E-state index < -0.39 is 5.60 Å². The van der Waals surface area contributed by atoms with Crippen molar-refractivity contribution in [3.63, 3.8) is 0 Å². The van der Waals surface area contributed by atoms with E-state index in [0.717, 1.165) is 49.0 Å². The third kappa shape index (κ3) is 7.07. The summed E-state index contributed by atoms with van der Waals surface area (Å²) in [6.45, 7) is 9.69. The highest BCUT2D eigenvalue weighted by molar-refractivity contribution is 14.0. The molecule has 9 heteroatoms. The molecule has 1 atom stereocenters. The first-order valence-corrected chi connectivity index (χ1v) is 11.0. The summed E-state index contributed by atoms with van der Waals surface area (Å²) in [6.07, 6.45) is 1.91. The minimum Gasteiger partial charge on any atom is -0.383 e. The number of rotatable bonds is 7. The molecule has 0 aliphatic carbocycles. The van der Waals surface area contributed by atoms with Crippen LogP contribution in [0.1, 0.15) is 24.3 Å². The molecule has 0 saturated carbocycles. The monoisotopic (exact) mass is 544 g/mol. The average molecular weight is 545 g/mol. The fourth-order valence-corrected chi connectivity index (χ4v) is 3.96. The SMILES string of the molecule is CCNC(=NCc1ccc(N2CCN(C)CC2)nc1)NCC(C)(O)c1cccs1.I. The minimum absolute atomic E-state index is 0. The van der Waals surface area contributed by atoms with Crippen LogP contribution < -0.4 is 15.5 Å². The molecule has 3 heterocycles. The molecule has 1 unspecified atom stereocenters. The summed E-state index contributed by atoms with van der Waals surface area (Å²) >= 11 is 1.55. The van der Waals surface area contributed by atoms with E-state index in [2.05, 4.69) is 49.6 Å². The van der Waals surface area contributed by atoms with Gasteiger partial charge in [0.25, 0.3) is 0 Å². The number of nitrogens with zero attached hydrogens (tertiary/aromatic N) is 4. The van der Waals surface area contributed by atoms with Gasteiger partial charge in [-0.3, -0.25) is 0 Å². The molecule has 0 aromatic carbocycles. The van der Waals surface area contributed by atoms with Gasteiger partial charge in [-0.15, -0.1) is 35.3 Å². The van der Waals surface area contributed by atoms with Crippen LogP contribution in [0.3, 0.4) is 0 Å². The summed E-state index contributed by atoms with van der Waals surface area (Å²) in [7, 11) is 2.15. The van der Waals surface area contributed by atoms with Crippen molar-refractivity contribution in [1.29, 1.82) is 0 Å². The van der Waals surface area contributed by atoms with Crippen molar-refractivity contribution >= 4 is 47.1 Å². The van der Waals surface area contributed by atoms with Crippen LogP contribution in [0.5, 0.6) is 0 Å². The van der Waals surface area contributed by atoms with Gasteiger partial charge in [0, 0.05) is 43.8 Å². The number of aromatic nitrogens is 1. The first-order chi connectivity index (χ1) is 14.0. The Hall–Kier alpha value is -1.43. The molecule has 7 nitrogen and oxygen atoms in total. The second-order valence-corrected chi connectivity index (χ2v) is 8.56. The summed E-state index contributed by atoms with van der Waals surface area (Å²) in [5.41, 5.74) is 0.126. The fraction of sp³-hybridized carbons (Fsp3) is 0.524. The number of aliphatic imine (C=N–C) groups is 1. The van der Waals surface area contributed by atoms with Crippen LogP contribution in [0.15, 0.2) is 40.8 Å². The van der Waals surface area contributed by atoms with Crippen molar-refractivity contribution in [1.82, 2.24) is 20.5 Å². The van der Waals surface area contributed by atoms with Gasteiger partial charge < -0.3 is 25.5 Å². The van der Waals surface area contributed by atoms with Crippen LogP contribution >= 0.6 is 35.3 Å². The Kier molecular flexibility index (Phi) is 9.79. The summed E-state index contributed by atoms with van der Waals surface area (Å²) < 4.78 is 0. The van der Waals surface area contributed by atoms with Crippen molar-refractivity contribution in [2.45, 2.75) is 26.0 Å². The van der Waals surface area contributed by atoms with Crippen molar-refractivity contribution < 1.29 is 5.11 Å². The van der Waals surface area contributed by atoms with Gasteiger partial charge in [-0.25, -0.2) is 9.98 Å². The molecule has 3 rings (SSSR count). The maximum atomic E-state index is 10.7. The zero-order valence-corrected chi connectivity index (χ0v) is 21.1. The highest BCUT2D eigenvalue weighted by Gasteiger charge is 2.24. The van der Waals surface area contributed by atoms with Crippen molar-refractivity contribution in [3.8, 4) is 0 Å². The standard InChI is InChI=1S/C21H32N6OS.HI/c1-4-22-20(25-16-21(2,28)18-6-5-13-29-18)24-15-17-7-8-19(23-14-17)27-11-9-26(3)10-12-27;/h5-8,13-14,28H,4,9-12,15-16H2,1-3H3,(H2,22,24,25);1H. The number of anilines is 1. The summed E-state index contributed by atoms with van der Waals surface area (Å²) in [5, 5.41) is 19.2. The molecular formula is C21H33IN6OS. The van der Waals surface area contributed by atoms with E-state index in [1.165, 1.54) is 0 Å². The topological polar surface area (TPSA) is 76.0 Å². The number of halogens is 1. The van der Waals surface area contributed by atoms with Crippen LogP contribution in [0, 0.1) is 0 Å². The lowest BCUT2D eigenvalue weighted by Gasteiger charge is -2.33. The lowest BCUT2D eigenvalue weighted by molar-refractivity contribution is 0.0655. The molecule has 0 amide bonds. The Morgan fingerprint density at radius 2 is 2.00 bits per heavy atom. The maximum absolute atomic E-state index is 10.7. The number of likely N-dealkylation sites (N-methyl/N-ethyl adjacent to an activating group) is 1. The average Bonchev–Trinajstić information content (AvgIpc) is 3.27. The Morgan fingerprint density at radius 1 is 1.23 bits per heavy atom. The van der Waals surface area contributed by atoms with E-state index in [1.807, 2.05) is 37.6 Å². The molecule has 2 aromatic heterocycles. The van der Waals surface area contributed by atoms with Gasteiger partial charge in [-0.2, -0.15) is 0 Å². The van der Waals surface area contributed by atoms with Crippen LogP contribution in [0.25, 0.3) is 0 Å². The molecule has 30 heavy (non-hydrogen) atoms. The molecular weight excluding hydrogens is 511 g/mol. The van der Waals surface area contributed by atoms with E-state index in [-0.39, 0.29) is 24.0 Å². The quantitative estimate of drug-likeness (QED) is 0.283. The molecule has 0 bridgehead atoms. The molecule has 1 fully saturated rings. The van der Waals surface area contributed by atoms with Crippen LogP contribution in [0.2, 0.25) is 0 Å². The second-order valence-electron chi connectivity index (χ2n) is 7.61. The van der Waals surface area contributed by atoms with Gasteiger partial charge >= 0.3 is 0 Å². The van der Waals surface area contributed by atoms with Gasteiger partial charge in [-0.05, 0) is 44.0 Å². The largest absolute Gasteiger partial charge is 0.383 e. The van der Waals surface area contributed by atoms with Crippen molar-refractivity contribution in [3.05, 3.63) is 46.3 Å². The lowest BCUT2D eigenvalue weighted by Crippen LogP contribution is -2.44. The van der Waals surface area contributed by atoms with Crippen LogP contribution in [0.4, 0.5) is 5.82 Å². The third-order valence-corrected chi connectivity index (χ3v) is 6.18. The van der Waals surface area contributed by atoms with E-state index in [0.29, 0.717) is 19.0 Å². The Labute approximate surface area is 200 Å². The number of hydrogen-bond donors (Lipinski definition) is 3. The molecule has 166 valence electrons. The first-order valence-electron chi connectivity index (χ1n) is 10.1. The van der Waals surface area contributed by atoms with Gasteiger partial charge in [-0.1, -0.05) is 12.1 Å². The second kappa shape index (κ2) is 11.8. The van der Waals surface area contributed by atoms with Crippen molar-refractivity contribution in [2.24, 2.45) is 4.99 Å². The Morgan fingerprint density at radius 3 is 2.60 bits per heavy atom. The smallest absolute Gasteiger partial charge is 0.191 e. The molecule has 0 spiro atoms. The number of hydrogen-bond acceptors (Lipinski definition) is 6. The predicted octanol–water partition coefficient (Wildman–Crippen LogP) is 2.48. The van der Waals surface area contributed by atoms with Gasteiger partial charge in [0.05, 0.1) is 13.1 Å². The number of piperazine rings is 1. The maximum Gasteiger partial charge on any atom is 0.191 e. The number of guanidine groups is 1. The highest BCUT2D eigenvalue weighted by atomic mass is 127. The minimum atomic E-state index is -0.934. The number of pyridine rings is 1. The fourth-order valence-electron chi connectivity index (χ4n) is 3.17. The number of thiophene rings is 1. The Balaban J connectivity index is 0.00000320. The molecule has 1 aliphatic heterocycles. The van der Waals surface area contributed by atoms with Crippen LogP contribution in [-0.2, 0) is 12.1 Å². The van der Waals surface area contributed by atoms with E-state index >= 15 is 0 Å².